The zero-order valence-corrected chi connectivity index (χ0v) is 10.9. The van der Waals surface area contributed by atoms with Crippen LogP contribution in [0.5, 0.6) is 0 Å². The molecular weight excluding hydrogens is 240 g/mol. The molecule has 0 radical (unpaired) electrons. The molecule has 0 unspecified atom stereocenters. The fraction of sp³-hybridized carbons (Fsp3) is 0.455. The van der Waals surface area contributed by atoms with E-state index >= 15 is 0 Å². The first-order valence-corrected chi connectivity index (χ1v) is 5.86. The molecule has 2 aromatic rings. The molecule has 92 valence electrons. The number of rotatable bonds is 3. The Morgan fingerprint density at radius 2 is 2.00 bits per heavy atom. The highest BCUT2D eigenvalue weighted by molar-refractivity contribution is 6.30. The summed E-state index contributed by atoms with van der Waals surface area (Å²) in [5, 5.41) is 4.81. The Labute approximate surface area is 104 Å². The summed E-state index contributed by atoms with van der Waals surface area (Å²) in [6.45, 7) is 4.97. The highest BCUT2D eigenvalue weighted by Crippen LogP contribution is 2.19. The maximum absolute atomic E-state index is 11.9. The first-order valence-electron chi connectivity index (χ1n) is 5.48. The van der Waals surface area contributed by atoms with Gasteiger partial charge in [-0.2, -0.15) is 5.10 Å². The molecular formula is C11H15ClN4O. The smallest absolute Gasteiger partial charge is 0.300 e. The summed E-state index contributed by atoms with van der Waals surface area (Å²) in [4.78, 5) is 11.9. The average Bonchev–Trinajstić information content (AvgIpc) is 2.75. The summed E-state index contributed by atoms with van der Waals surface area (Å²) in [5.74, 6) is 0. The second-order valence-electron chi connectivity index (χ2n) is 3.97. The van der Waals surface area contributed by atoms with Crippen molar-refractivity contribution < 1.29 is 0 Å². The Kier molecular flexibility index (Phi) is 3.11. The van der Waals surface area contributed by atoms with E-state index in [1.807, 2.05) is 13.8 Å². The molecule has 0 saturated carbocycles. The van der Waals surface area contributed by atoms with Crippen molar-refractivity contribution in [3.8, 4) is 0 Å². The summed E-state index contributed by atoms with van der Waals surface area (Å²) in [6.07, 6.45) is 3.55. The third-order valence-corrected chi connectivity index (χ3v) is 3.33. The van der Waals surface area contributed by atoms with Crippen LogP contribution in [-0.2, 0) is 20.1 Å². The van der Waals surface area contributed by atoms with Crippen molar-refractivity contribution in [3.63, 3.8) is 0 Å². The van der Waals surface area contributed by atoms with Crippen LogP contribution in [0.15, 0.2) is 17.2 Å². The summed E-state index contributed by atoms with van der Waals surface area (Å²) in [6, 6.07) is 0. The lowest BCUT2D eigenvalue weighted by atomic mass is 10.2. The number of nitrogens with zero attached hydrogens (tertiary/aromatic N) is 4. The van der Waals surface area contributed by atoms with E-state index in [-0.39, 0.29) is 5.69 Å². The van der Waals surface area contributed by atoms with Crippen molar-refractivity contribution in [3.05, 3.63) is 39.3 Å². The second-order valence-corrected chi connectivity index (χ2v) is 4.33. The predicted molar refractivity (Wildman–Crippen MR) is 66.4 cm³/mol. The van der Waals surface area contributed by atoms with E-state index in [1.165, 1.54) is 0 Å². The van der Waals surface area contributed by atoms with Crippen molar-refractivity contribution in [2.24, 2.45) is 7.05 Å². The molecule has 0 atom stereocenters. The van der Waals surface area contributed by atoms with Crippen molar-refractivity contribution in [1.82, 2.24) is 18.9 Å². The molecule has 0 aliphatic heterocycles. The van der Waals surface area contributed by atoms with Crippen LogP contribution in [0.3, 0.4) is 0 Å². The van der Waals surface area contributed by atoms with Crippen LogP contribution in [0.4, 0.5) is 0 Å². The van der Waals surface area contributed by atoms with Gasteiger partial charge in [-0.05, 0) is 13.8 Å². The van der Waals surface area contributed by atoms with E-state index in [1.54, 1.807) is 33.3 Å². The first-order chi connectivity index (χ1) is 8.04. The fourth-order valence-corrected chi connectivity index (χ4v) is 2.07. The van der Waals surface area contributed by atoms with Crippen LogP contribution < -0.4 is 5.69 Å². The Balaban J connectivity index is 2.38. The number of aryl methyl sites for hydroxylation is 3. The van der Waals surface area contributed by atoms with Gasteiger partial charge in [-0.15, -0.1) is 0 Å². The van der Waals surface area contributed by atoms with Gasteiger partial charge in [0.05, 0.1) is 12.2 Å². The van der Waals surface area contributed by atoms with E-state index in [2.05, 4.69) is 5.10 Å². The van der Waals surface area contributed by atoms with E-state index in [4.69, 9.17) is 11.6 Å². The Morgan fingerprint density at radius 3 is 2.47 bits per heavy atom. The number of aromatic nitrogens is 4. The molecule has 0 aromatic carbocycles. The van der Waals surface area contributed by atoms with Crippen molar-refractivity contribution in [1.29, 1.82) is 0 Å². The van der Waals surface area contributed by atoms with E-state index in [0.717, 1.165) is 11.3 Å². The van der Waals surface area contributed by atoms with E-state index in [9.17, 15) is 4.79 Å². The van der Waals surface area contributed by atoms with Crippen LogP contribution in [-0.4, -0.2) is 18.9 Å². The van der Waals surface area contributed by atoms with Crippen LogP contribution in [0.1, 0.15) is 18.2 Å². The third-order valence-electron chi connectivity index (χ3n) is 2.86. The topological polar surface area (TPSA) is 44.8 Å². The zero-order chi connectivity index (χ0) is 12.6. The van der Waals surface area contributed by atoms with Crippen LogP contribution in [0.25, 0.3) is 0 Å². The minimum atomic E-state index is -0.0215. The van der Waals surface area contributed by atoms with Gasteiger partial charge in [-0.1, -0.05) is 11.6 Å². The van der Waals surface area contributed by atoms with Gasteiger partial charge in [0, 0.05) is 31.5 Å². The largest absolute Gasteiger partial charge is 0.328 e. The molecule has 2 rings (SSSR count). The monoisotopic (exact) mass is 254 g/mol. The summed E-state index contributed by atoms with van der Waals surface area (Å²) in [7, 11) is 1.79. The molecule has 6 heteroatoms. The SMILES string of the molecule is CCn1ccn(Cc2c(C)nn(C)c2Cl)c1=O. The van der Waals surface area contributed by atoms with Crippen LogP contribution >= 0.6 is 11.6 Å². The number of hydrogen-bond acceptors (Lipinski definition) is 2. The van der Waals surface area contributed by atoms with Gasteiger partial charge in [-0.3, -0.25) is 13.8 Å². The zero-order valence-electron chi connectivity index (χ0n) is 10.1. The van der Waals surface area contributed by atoms with Gasteiger partial charge in [0.2, 0.25) is 0 Å². The molecule has 0 saturated heterocycles. The molecule has 0 amide bonds. The maximum atomic E-state index is 11.9. The molecule has 2 heterocycles. The quantitative estimate of drug-likeness (QED) is 0.832. The average molecular weight is 255 g/mol. The number of imidazole rings is 1. The van der Waals surface area contributed by atoms with Gasteiger partial charge >= 0.3 is 5.69 Å². The fourth-order valence-electron chi connectivity index (χ4n) is 1.84. The first kappa shape index (κ1) is 12.0. The minimum Gasteiger partial charge on any atom is -0.300 e. The lowest BCUT2D eigenvalue weighted by molar-refractivity contribution is 0.667. The normalized spacial score (nSPS) is 11.1. The molecule has 0 spiro atoms. The minimum absolute atomic E-state index is 0.0215. The molecule has 0 bridgehead atoms. The van der Waals surface area contributed by atoms with Gasteiger partial charge in [-0.25, -0.2) is 4.79 Å². The molecule has 5 nitrogen and oxygen atoms in total. The summed E-state index contributed by atoms with van der Waals surface area (Å²) >= 11 is 6.14. The summed E-state index contributed by atoms with van der Waals surface area (Å²) in [5.41, 5.74) is 1.73. The van der Waals surface area contributed by atoms with Crippen molar-refractivity contribution in [2.75, 3.05) is 0 Å². The van der Waals surface area contributed by atoms with Crippen molar-refractivity contribution >= 4 is 11.6 Å². The van der Waals surface area contributed by atoms with E-state index in [0.29, 0.717) is 18.2 Å². The number of halogens is 1. The van der Waals surface area contributed by atoms with Crippen LogP contribution in [0.2, 0.25) is 5.15 Å². The lowest BCUT2D eigenvalue weighted by Gasteiger charge is -2.01. The molecule has 0 N–H and O–H groups in total. The van der Waals surface area contributed by atoms with Gasteiger partial charge < -0.3 is 0 Å². The molecule has 2 aromatic heterocycles. The second kappa shape index (κ2) is 4.41. The van der Waals surface area contributed by atoms with Gasteiger partial charge in [0.25, 0.3) is 0 Å². The lowest BCUT2D eigenvalue weighted by Crippen LogP contribution is -2.24. The van der Waals surface area contributed by atoms with Crippen LogP contribution in [0, 0.1) is 6.92 Å². The summed E-state index contributed by atoms with van der Waals surface area (Å²) < 4.78 is 4.91. The highest BCUT2D eigenvalue weighted by Gasteiger charge is 2.13. The van der Waals surface area contributed by atoms with E-state index < -0.39 is 0 Å². The Morgan fingerprint density at radius 1 is 1.35 bits per heavy atom. The Bertz CT molecular complexity index is 593. The van der Waals surface area contributed by atoms with Gasteiger partial charge in [0.15, 0.2) is 0 Å². The highest BCUT2D eigenvalue weighted by atomic mass is 35.5. The number of hydrogen-bond donors (Lipinski definition) is 0. The van der Waals surface area contributed by atoms with Crippen molar-refractivity contribution in [2.45, 2.75) is 26.9 Å². The standard InChI is InChI=1S/C11H15ClN4O/c1-4-15-5-6-16(11(15)17)7-9-8(2)13-14(3)10(9)12/h5-6H,4,7H2,1-3H3. The molecule has 0 aliphatic rings. The maximum Gasteiger partial charge on any atom is 0.328 e. The molecule has 17 heavy (non-hydrogen) atoms. The molecule has 0 fully saturated rings. The molecule has 0 aliphatic carbocycles. The Hall–Kier alpha value is -1.49. The third kappa shape index (κ3) is 2.02. The predicted octanol–water partition coefficient (Wildman–Crippen LogP) is 1.41. The van der Waals surface area contributed by atoms with Gasteiger partial charge in [0.1, 0.15) is 5.15 Å².